The van der Waals surface area contributed by atoms with Crippen molar-refractivity contribution in [2.75, 3.05) is 0 Å². The van der Waals surface area contributed by atoms with Crippen LogP contribution in [0.1, 0.15) is 18.9 Å². The lowest BCUT2D eigenvalue weighted by atomic mass is 10.2. The van der Waals surface area contributed by atoms with Gasteiger partial charge < -0.3 is 9.84 Å². The topological polar surface area (TPSA) is 90.4 Å². The smallest absolute Gasteiger partial charge is 0.270 e. The molecule has 0 radical (unpaired) electrons. The molecule has 0 spiro atoms. The number of nitro benzene ring substituents is 1. The fourth-order valence-electron chi connectivity index (χ4n) is 1.78. The highest BCUT2D eigenvalue weighted by Crippen LogP contribution is 2.28. The Morgan fingerprint density at radius 1 is 1.50 bits per heavy atom. The summed E-state index contributed by atoms with van der Waals surface area (Å²) in [5, 5.41) is 24.1. The molecular formula is C13H15N3O4. The highest BCUT2D eigenvalue weighted by molar-refractivity contribution is 5.45. The van der Waals surface area contributed by atoms with Crippen molar-refractivity contribution in [1.29, 1.82) is 0 Å². The number of benzene rings is 1. The molecule has 1 aromatic carbocycles. The molecule has 0 aliphatic rings. The Bertz CT molecular complexity index is 609. The van der Waals surface area contributed by atoms with Crippen molar-refractivity contribution in [2.24, 2.45) is 0 Å². The van der Waals surface area contributed by atoms with Gasteiger partial charge in [-0.3, -0.25) is 14.8 Å². The first-order valence-corrected chi connectivity index (χ1v) is 6.22. The number of aliphatic hydroxyl groups excluding tert-OH is 1. The number of aromatic nitrogens is 2. The molecule has 7 nitrogen and oxygen atoms in total. The van der Waals surface area contributed by atoms with Crippen LogP contribution in [-0.4, -0.2) is 19.8 Å². The second-order valence-electron chi connectivity index (χ2n) is 4.25. The predicted molar refractivity (Wildman–Crippen MR) is 71.6 cm³/mol. The molecule has 0 unspecified atom stereocenters. The summed E-state index contributed by atoms with van der Waals surface area (Å²) in [4.78, 5) is 10.2. The van der Waals surface area contributed by atoms with E-state index in [0.29, 0.717) is 17.1 Å². The number of nitro groups is 1. The highest BCUT2D eigenvalue weighted by atomic mass is 16.6. The fourth-order valence-corrected chi connectivity index (χ4v) is 1.78. The first-order valence-electron chi connectivity index (χ1n) is 6.22. The van der Waals surface area contributed by atoms with Gasteiger partial charge >= 0.3 is 0 Å². The maximum atomic E-state index is 10.7. The van der Waals surface area contributed by atoms with Gasteiger partial charge in [0.1, 0.15) is 5.75 Å². The van der Waals surface area contributed by atoms with Gasteiger partial charge in [-0.1, -0.05) is 6.92 Å². The van der Waals surface area contributed by atoms with Crippen molar-refractivity contribution in [2.45, 2.75) is 26.5 Å². The van der Waals surface area contributed by atoms with Crippen LogP contribution in [0.4, 0.5) is 5.69 Å². The average Bonchev–Trinajstić information content (AvgIpc) is 2.87. The van der Waals surface area contributed by atoms with E-state index in [2.05, 4.69) is 5.10 Å². The van der Waals surface area contributed by atoms with E-state index >= 15 is 0 Å². The summed E-state index contributed by atoms with van der Waals surface area (Å²) in [5.74, 6) is 0.913. The molecule has 0 aliphatic heterocycles. The normalized spacial score (nSPS) is 10.5. The molecule has 1 aromatic heterocycles. The van der Waals surface area contributed by atoms with Gasteiger partial charge in [0.05, 0.1) is 23.9 Å². The molecule has 2 aromatic rings. The monoisotopic (exact) mass is 277 g/mol. The van der Waals surface area contributed by atoms with Gasteiger partial charge in [-0.15, -0.1) is 0 Å². The zero-order chi connectivity index (χ0) is 14.5. The summed E-state index contributed by atoms with van der Waals surface area (Å²) in [6.45, 7) is 2.50. The summed E-state index contributed by atoms with van der Waals surface area (Å²) in [7, 11) is 0. The minimum absolute atomic E-state index is 0.0805. The number of rotatable bonds is 6. The Morgan fingerprint density at radius 3 is 2.95 bits per heavy atom. The molecule has 0 aliphatic carbocycles. The van der Waals surface area contributed by atoms with Crippen LogP contribution in [0.5, 0.6) is 11.5 Å². The van der Waals surface area contributed by atoms with Crippen LogP contribution in [-0.2, 0) is 13.2 Å². The summed E-state index contributed by atoms with van der Waals surface area (Å²) in [6.07, 6.45) is 4.27. The van der Waals surface area contributed by atoms with Gasteiger partial charge in [-0.25, -0.2) is 0 Å². The zero-order valence-corrected chi connectivity index (χ0v) is 11.0. The lowest BCUT2D eigenvalue weighted by Gasteiger charge is -2.07. The third-order valence-corrected chi connectivity index (χ3v) is 2.72. The van der Waals surface area contributed by atoms with Crippen molar-refractivity contribution >= 4 is 5.69 Å². The van der Waals surface area contributed by atoms with Gasteiger partial charge in [0, 0.05) is 24.2 Å². The number of hydrogen-bond donors (Lipinski definition) is 1. The molecule has 106 valence electrons. The molecule has 7 heteroatoms. The number of aryl methyl sites for hydroxylation is 1. The third-order valence-electron chi connectivity index (χ3n) is 2.72. The summed E-state index contributed by atoms with van der Waals surface area (Å²) in [5.41, 5.74) is 0.283. The molecule has 0 fully saturated rings. The summed E-state index contributed by atoms with van der Waals surface area (Å²) in [6, 6.07) is 4.11. The van der Waals surface area contributed by atoms with Crippen LogP contribution >= 0.6 is 0 Å². The number of non-ortho nitro benzene ring substituents is 1. The molecule has 1 heterocycles. The van der Waals surface area contributed by atoms with Crippen molar-refractivity contribution < 1.29 is 14.8 Å². The standard InChI is InChI=1S/C13H15N3O4/c1-2-5-15-8-12(7-14-15)20-13-4-3-11(16(18)19)6-10(13)9-17/h3-4,6-8,17H,2,5,9H2,1H3. The second-order valence-corrected chi connectivity index (χ2v) is 4.25. The van der Waals surface area contributed by atoms with E-state index in [9.17, 15) is 15.2 Å². The molecule has 1 N–H and O–H groups in total. The Hall–Kier alpha value is -2.41. The molecule has 0 atom stereocenters. The van der Waals surface area contributed by atoms with Crippen molar-refractivity contribution in [3.63, 3.8) is 0 Å². The van der Waals surface area contributed by atoms with Gasteiger partial charge in [0.2, 0.25) is 0 Å². The Balaban J connectivity index is 2.21. The highest BCUT2D eigenvalue weighted by Gasteiger charge is 2.12. The molecule has 0 saturated heterocycles. The maximum Gasteiger partial charge on any atom is 0.270 e. The van der Waals surface area contributed by atoms with E-state index in [-0.39, 0.29) is 12.3 Å². The average molecular weight is 277 g/mol. The number of ether oxygens (including phenoxy) is 1. The first-order chi connectivity index (χ1) is 9.63. The van der Waals surface area contributed by atoms with Crippen LogP contribution in [0, 0.1) is 10.1 Å². The van der Waals surface area contributed by atoms with E-state index in [1.54, 1.807) is 17.1 Å². The molecular weight excluding hydrogens is 262 g/mol. The maximum absolute atomic E-state index is 10.7. The van der Waals surface area contributed by atoms with Gasteiger partial charge in [-0.05, 0) is 12.5 Å². The van der Waals surface area contributed by atoms with E-state index in [4.69, 9.17) is 4.74 Å². The number of hydrogen-bond acceptors (Lipinski definition) is 5. The molecule has 20 heavy (non-hydrogen) atoms. The van der Waals surface area contributed by atoms with Crippen molar-refractivity contribution in [3.8, 4) is 11.5 Å². The fraction of sp³-hybridized carbons (Fsp3) is 0.308. The Morgan fingerprint density at radius 2 is 2.30 bits per heavy atom. The number of aliphatic hydroxyl groups is 1. The quantitative estimate of drug-likeness (QED) is 0.647. The Labute approximate surface area is 115 Å². The van der Waals surface area contributed by atoms with Gasteiger partial charge in [0.15, 0.2) is 5.75 Å². The van der Waals surface area contributed by atoms with E-state index in [1.807, 2.05) is 6.92 Å². The minimum Gasteiger partial charge on any atom is -0.454 e. The summed E-state index contributed by atoms with van der Waals surface area (Å²) >= 11 is 0. The lowest BCUT2D eigenvalue weighted by molar-refractivity contribution is -0.385. The van der Waals surface area contributed by atoms with Gasteiger partial charge in [0.25, 0.3) is 5.69 Å². The van der Waals surface area contributed by atoms with E-state index in [0.717, 1.165) is 13.0 Å². The third kappa shape index (κ3) is 3.12. The SMILES string of the molecule is CCCn1cc(Oc2ccc([N+](=O)[O-])cc2CO)cn1. The predicted octanol–water partition coefficient (Wildman–Crippen LogP) is 2.49. The van der Waals surface area contributed by atoms with Crippen LogP contribution < -0.4 is 4.74 Å². The number of nitrogens with zero attached hydrogens (tertiary/aromatic N) is 3. The van der Waals surface area contributed by atoms with Gasteiger partial charge in [-0.2, -0.15) is 5.10 Å². The van der Waals surface area contributed by atoms with Crippen molar-refractivity contribution in [3.05, 3.63) is 46.3 Å². The first kappa shape index (κ1) is 14.0. The van der Waals surface area contributed by atoms with Crippen LogP contribution in [0.2, 0.25) is 0 Å². The molecule has 2 rings (SSSR count). The zero-order valence-electron chi connectivity index (χ0n) is 11.0. The second kappa shape index (κ2) is 6.16. The minimum atomic E-state index is -0.512. The summed E-state index contributed by atoms with van der Waals surface area (Å²) < 4.78 is 7.35. The van der Waals surface area contributed by atoms with Crippen LogP contribution in [0.15, 0.2) is 30.6 Å². The van der Waals surface area contributed by atoms with Crippen LogP contribution in [0.25, 0.3) is 0 Å². The lowest BCUT2D eigenvalue weighted by Crippen LogP contribution is -1.96. The Kier molecular flexibility index (Phi) is 4.31. The van der Waals surface area contributed by atoms with E-state index in [1.165, 1.54) is 18.2 Å². The van der Waals surface area contributed by atoms with Crippen molar-refractivity contribution in [1.82, 2.24) is 9.78 Å². The molecule has 0 bridgehead atoms. The van der Waals surface area contributed by atoms with E-state index < -0.39 is 4.92 Å². The molecule has 0 amide bonds. The molecule has 0 saturated carbocycles. The van der Waals surface area contributed by atoms with Crippen LogP contribution in [0.3, 0.4) is 0 Å². The largest absolute Gasteiger partial charge is 0.454 e.